The van der Waals surface area contributed by atoms with Gasteiger partial charge in [-0.25, -0.2) is 18.1 Å². The van der Waals surface area contributed by atoms with Gasteiger partial charge in [0.15, 0.2) is 0 Å². The van der Waals surface area contributed by atoms with Crippen molar-refractivity contribution in [3.8, 4) is 11.6 Å². The zero-order valence-corrected chi connectivity index (χ0v) is 37.3. The van der Waals surface area contributed by atoms with Crippen LogP contribution >= 0.6 is 20.2 Å². The van der Waals surface area contributed by atoms with Crippen LogP contribution in [0.15, 0.2) is 89.6 Å². The topological polar surface area (TPSA) is 173 Å². The van der Waals surface area contributed by atoms with Gasteiger partial charge < -0.3 is 19.4 Å². The standard InChI is InChI=1S/C45H51ClN7O7PS/c1-61-25-24-59-23-2-4-32-7-10-37(27-40(32)53(55)56)62(57,58)50-43(54)38-11-12-41(49-44(38)60-36-26-33-14-18-47-42(33)48-29-36)52-21-19-51(20-22-52)30-34-13-17-45(15-3-16-45)28-39(34)31-5-8-35(46)9-6-31/h5-12,14,18,26-27,29,61H,2-4,13,15-17,19-25,28,30H2,1H3,(H,47,48)(H,50,54). The third-order valence-corrected chi connectivity index (χ3v) is 14.6. The molecule has 1 spiro atoms. The summed E-state index contributed by atoms with van der Waals surface area (Å²) >= 11 is 6.27. The van der Waals surface area contributed by atoms with Crippen molar-refractivity contribution in [1.82, 2.24) is 24.6 Å². The SMILES string of the molecule is CPCCOCCCc1ccc(S(=O)(=O)NC(=O)c2ccc(N3CCN(CC4=C(c5ccc(Cl)cc5)CC5(CCC5)CC4)CC3)nc2Oc2cnc3[nH]ccc3c2)cc1[N+](=O)[O-]. The summed E-state index contributed by atoms with van der Waals surface area (Å²) in [5.74, 6) is -0.242. The van der Waals surface area contributed by atoms with Gasteiger partial charge in [0.05, 0.1) is 22.6 Å². The van der Waals surface area contributed by atoms with Crippen molar-refractivity contribution in [1.29, 1.82) is 0 Å². The molecule has 2 N–H and O–H groups in total. The Balaban J connectivity index is 0.989. The van der Waals surface area contributed by atoms with Crippen LogP contribution in [0.4, 0.5) is 11.5 Å². The highest BCUT2D eigenvalue weighted by atomic mass is 35.5. The molecule has 14 nitrogen and oxygen atoms in total. The summed E-state index contributed by atoms with van der Waals surface area (Å²) < 4.78 is 41.2. The molecule has 1 amide bonds. The number of nitro benzene ring substituents is 1. The van der Waals surface area contributed by atoms with Gasteiger partial charge in [0.2, 0.25) is 5.88 Å². The van der Waals surface area contributed by atoms with E-state index in [9.17, 15) is 23.3 Å². The summed E-state index contributed by atoms with van der Waals surface area (Å²) in [4.78, 5) is 41.7. The first kappa shape index (κ1) is 43.7. The Morgan fingerprint density at radius 3 is 2.58 bits per heavy atom. The molecule has 1 atom stereocenters. The van der Waals surface area contributed by atoms with Gasteiger partial charge in [-0.15, -0.1) is 8.58 Å². The number of nitrogens with zero attached hydrogens (tertiary/aromatic N) is 5. The van der Waals surface area contributed by atoms with E-state index in [1.54, 1.807) is 18.3 Å². The molecule has 5 aromatic rings. The number of sulfonamides is 1. The fourth-order valence-corrected chi connectivity index (χ4v) is 10.2. The molecule has 2 fully saturated rings. The maximum Gasteiger partial charge on any atom is 0.273 e. The molecule has 8 rings (SSSR count). The quantitative estimate of drug-likeness (QED) is 0.0396. The molecule has 4 heterocycles. The highest BCUT2D eigenvalue weighted by molar-refractivity contribution is 7.90. The van der Waals surface area contributed by atoms with Gasteiger partial charge in [-0.05, 0) is 117 Å². The minimum absolute atomic E-state index is 0.109. The van der Waals surface area contributed by atoms with Gasteiger partial charge in [-0.3, -0.25) is 19.8 Å². The van der Waals surface area contributed by atoms with E-state index in [2.05, 4.69) is 43.3 Å². The Kier molecular flexibility index (Phi) is 13.6. The highest BCUT2D eigenvalue weighted by Crippen LogP contribution is 2.55. The average molecular weight is 900 g/mol. The molecule has 1 saturated heterocycles. The number of anilines is 1. The number of halogens is 1. The van der Waals surface area contributed by atoms with E-state index in [0.717, 1.165) is 63.7 Å². The maximum absolute atomic E-state index is 13.9. The Hall–Kier alpha value is -4.92. The molecule has 0 radical (unpaired) electrons. The first-order chi connectivity index (χ1) is 30.0. The number of carbonyl (C=O) groups excluding carboxylic acids is 1. The smallest absolute Gasteiger partial charge is 0.273 e. The number of nitro groups is 1. The van der Waals surface area contributed by atoms with E-state index in [-0.39, 0.29) is 17.1 Å². The summed E-state index contributed by atoms with van der Waals surface area (Å²) in [7, 11) is -3.78. The average Bonchev–Trinajstić information content (AvgIpc) is 3.73. The largest absolute Gasteiger partial charge is 0.436 e. The van der Waals surface area contributed by atoms with Crippen molar-refractivity contribution in [3.63, 3.8) is 0 Å². The molecule has 2 aromatic carbocycles. The van der Waals surface area contributed by atoms with Crippen LogP contribution in [0.25, 0.3) is 16.6 Å². The second-order valence-corrected chi connectivity index (χ2v) is 19.7. The number of aromatic amines is 1. The minimum atomic E-state index is -4.56. The number of hydrogen-bond acceptors (Lipinski definition) is 11. The van der Waals surface area contributed by atoms with E-state index in [4.69, 9.17) is 26.1 Å². The lowest BCUT2D eigenvalue weighted by atomic mass is 9.59. The van der Waals surface area contributed by atoms with Crippen LogP contribution in [-0.4, -0.2) is 97.9 Å². The number of amides is 1. The normalized spacial score (nSPS) is 16.9. The van der Waals surface area contributed by atoms with Gasteiger partial charge in [0, 0.05) is 67.6 Å². The number of hydrogen-bond donors (Lipinski definition) is 2. The van der Waals surface area contributed by atoms with Crippen molar-refractivity contribution in [2.24, 2.45) is 5.41 Å². The van der Waals surface area contributed by atoms with E-state index in [1.807, 2.05) is 18.2 Å². The van der Waals surface area contributed by atoms with E-state index >= 15 is 0 Å². The molecule has 2 aliphatic carbocycles. The van der Waals surface area contributed by atoms with Crippen LogP contribution in [0.1, 0.15) is 66.4 Å². The van der Waals surface area contributed by atoms with Crippen LogP contribution in [0, 0.1) is 15.5 Å². The van der Waals surface area contributed by atoms with Gasteiger partial charge in [0.25, 0.3) is 21.6 Å². The van der Waals surface area contributed by atoms with E-state index in [0.29, 0.717) is 67.3 Å². The second kappa shape index (κ2) is 19.2. The molecule has 17 heteroatoms. The second-order valence-electron chi connectivity index (χ2n) is 16.4. The minimum Gasteiger partial charge on any atom is -0.436 e. The van der Waals surface area contributed by atoms with Crippen LogP contribution in [0.5, 0.6) is 11.6 Å². The number of aromatic nitrogens is 3. The first-order valence-electron chi connectivity index (χ1n) is 21.1. The van der Waals surface area contributed by atoms with E-state index in [1.165, 1.54) is 66.8 Å². The maximum atomic E-state index is 13.9. The van der Waals surface area contributed by atoms with Gasteiger partial charge >= 0.3 is 0 Å². The molecular weight excluding hydrogens is 849 g/mol. The molecule has 1 aliphatic heterocycles. The number of ether oxygens (including phenoxy) is 2. The molecule has 62 heavy (non-hydrogen) atoms. The first-order valence-corrected chi connectivity index (χ1v) is 24.7. The lowest BCUT2D eigenvalue weighted by Gasteiger charge is -2.47. The highest BCUT2D eigenvalue weighted by Gasteiger charge is 2.41. The summed E-state index contributed by atoms with van der Waals surface area (Å²) in [5.41, 5.74) is 5.21. The number of rotatable bonds is 17. The molecule has 1 unspecified atom stereocenters. The zero-order chi connectivity index (χ0) is 43.3. The van der Waals surface area contributed by atoms with Crippen LogP contribution < -0.4 is 14.4 Å². The third-order valence-electron chi connectivity index (χ3n) is 12.4. The van der Waals surface area contributed by atoms with Crippen molar-refractivity contribution in [3.05, 3.63) is 117 Å². The lowest BCUT2D eigenvalue weighted by molar-refractivity contribution is -0.385. The number of allylic oxidation sites excluding steroid dienone is 1. The predicted molar refractivity (Wildman–Crippen MR) is 244 cm³/mol. The van der Waals surface area contributed by atoms with Gasteiger partial charge in [-0.2, -0.15) is 4.98 Å². The number of benzene rings is 2. The Morgan fingerprint density at radius 2 is 1.84 bits per heavy atom. The number of carbonyl (C=O) groups is 1. The van der Waals surface area contributed by atoms with Crippen LogP contribution in [-0.2, 0) is 21.2 Å². The summed E-state index contributed by atoms with van der Waals surface area (Å²) in [6.07, 6.45) is 12.4. The fraction of sp³-hybridized carbons (Fsp3) is 0.400. The number of pyridine rings is 2. The molecule has 326 valence electrons. The van der Waals surface area contributed by atoms with E-state index < -0.39 is 25.7 Å². The van der Waals surface area contributed by atoms with Gasteiger partial charge in [0.1, 0.15) is 22.8 Å². The van der Waals surface area contributed by atoms with Crippen molar-refractivity contribution in [2.45, 2.75) is 56.3 Å². The molecule has 0 bridgehead atoms. The van der Waals surface area contributed by atoms with Gasteiger partial charge in [-0.1, -0.05) is 41.8 Å². The number of fused-ring (bicyclic) bond motifs is 1. The summed E-state index contributed by atoms with van der Waals surface area (Å²) in [6, 6.07) is 18.7. The van der Waals surface area contributed by atoms with Crippen molar-refractivity contribution >= 4 is 64.2 Å². The lowest BCUT2D eigenvalue weighted by Crippen LogP contribution is -2.47. The monoisotopic (exact) mass is 899 g/mol. The number of aryl methyl sites for hydroxylation is 1. The molecule has 1 saturated carbocycles. The fourth-order valence-electron chi connectivity index (χ4n) is 8.71. The number of H-pyrrole nitrogens is 1. The Labute approximate surface area is 368 Å². The predicted octanol–water partition coefficient (Wildman–Crippen LogP) is 8.62. The van der Waals surface area contributed by atoms with Crippen molar-refractivity contribution < 1.29 is 27.6 Å². The molecular formula is C45H51ClN7O7PS. The number of piperazine rings is 1. The Bertz CT molecular complexity index is 2570. The van der Waals surface area contributed by atoms with Crippen LogP contribution in [0.3, 0.4) is 0 Å². The van der Waals surface area contributed by atoms with Crippen molar-refractivity contribution in [2.75, 3.05) is 63.7 Å². The van der Waals surface area contributed by atoms with Crippen LogP contribution in [0.2, 0.25) is 5.02 Å². The third kappa shape index (κ3) is 10.1. The molecule has 3 aromatic heterocycles. The zero-order valence-electron chi connectivity index (χ0n) is 34.7. The number of nitrogens with one attached hydrogen (secondary N) is 2. The molecule has 3 aliphatic rings. The Morgan fingerprint density at radius 1 is 1.03 bits per heavy atom. The summed E-state index contributed by atoms with van der Waals surface area (Å²) in [5, 5.41) is 13.5. The summed E-state index contributed by atoms with van der Waals surface area (Å²) in [6.45, 7) is 7.00.